The van der Waals surface area contributed by atoms with Gasteiger partial charge in [0.05, 0.1) is 19.3 Å². The standard InChI is InChI=1S/C21H22N2O4/c1-3-27-16-7-4-6-15(12-16)20(25)22-19-9-5-8-18-17(19)10-11-23(21(18)26)14(2)13-24/h4-12,14,24H,3,13H2,1-2H3,(H,22,25). The highest BCUT2D eigenvalue weighted by Gasteiger charge is 2.13. The van der Waals surface area contributed by atoms with Crippen molar-refractivity contribution >= 4 is 22.4 Å². The molecule has 0 fully saturated rings. The molecular weight excluding hydrogens is 344 g/mol. The zero-order chi connectivity index (χ0) is 19.4. The molecule has 0 aliphatic heterocycles. The molecule has 0 bridgehead atoms. The van der Waals surface area contributed by atoms with Crippen LogP contribution < -0.4 is 15.6 Å². The fourth-order valence-electron chi connectivity index (χ4n) is 2.93. The Bertz CT molecular complexity index is 1030. The van der Waals surface area contributed by atoms with Crippen molar-refractivity contribution in [3.63, 3.8) is 0 Å². The number of carbonyl (C=O) groups excluding carboxylic acids is 1. The lowest BCUT2D eigenvalue weighted by atomic mass is 10.1. The van der Waals surface area contributed by atoms with Crippen molar-refractivity contribution in [3.8, 4) is 5.75 Å². The molecule has 0 spiro atoms. The second kappa shape index (κ2) is 8.05. The average Bonchev–Trinajstić information content (AvgIpc) is 2.68. The largest absolute Gasteiger partial charge is 0.494 e. The van der Waals surface area contributed by atoms with Gasteiger partial charge in [-0.15, -0.1) is 0 Å². The number of nitrogens with one attached hydrogen (secondary N) is 1. The summed E-state index contributed by atoms with van der Waals surface area (Å²) in [6.45, 7) is 4.04. The minimum atomic E-state index is -0.318. The van der Waals surface area contributed by atoms with Crippen LogP contribution in [0.5, 0.6) is 5.75 Å². The van der Waals surface area contributed by atoms with Crippen molar-refractivity contribution < 1.29 is 14.6 Å². The Morgan fingerprint density at radius 3 is 2.70 bits per heavy atom. The van der Waals surface area contributed by atoms with Gasteiger partial charge < -0.3 is 19.7 Å². The highest BCUT2D eigenvalue weighted by atomic mass is 16.5. The normalized spacial score (nSPS) is 12.0. The molecule has 0 saturated heterocycles. The lowest BCUT2D eigenvalue weighted by Crippen LogP contribution is -2.25. The summed E-state index contributed by atoms with van der Waals surface area (Å²) in [4.78, 5) is 25.3. The highest BCUT2D eigenvalue weighted by Crippen LogP contribution is 2.23. The third-order valence-electron chi connectivity index (χ3n) is 4.37. The van der Waals surface area contributed by atoms with Gasteiger partial charge in [-0.3, -0.25) is 9.59 Å². The number of hydrogen-bond donors (Lipinski definition) is 2. The van der Waals surface area contributed by atoms with Crippen LogP contribution in [0.2, 0.25) is 0 Å². The van der Waals surface area contributed by atoms with Gasteiger partial charge in [-0.25, -0.2) is 0 Å². The van der Waals surface area contributed by atoms with E-state index in [0.717, 1.165) is 0 Å². The van der Waals surface area contributed by atoms with Crippen LogP contribution in [0.1, 0.15) is 30.2 Å². The minimum absolute atomic E-state index is 0.127. The summed E-state index contributed by atoms with van der Waals surface area (Å²) in [6, 6.07) is 13.6. The van der Waals surface area contributed by atoms with E-state index in [1.165, 1.54) is 4.57 Å². The second-order valence-electron chi connectivity index (χ2n) is 6.24. The van der Waals surface area contributed by atoms with Gasteiger partial charge in [0.2, 0.25) is 0 Å². The number of carbonyl (C=O) groups is 1. The van der Waals surface area contributed by atoms with Gasteiger partial charge in [-0.05, 0) is 50.2 Å². The van der Waals surface area contributed by atoms with E-state index >= 15 is 0 Å². The van der Waals surface area contributed by atoms with Gasteiger partial charge in [-0.2, -0.15) is 0 Å². The number of pyridine rings is 1. The molecule has 27 heavy (non-hydrogen) atoms. The van der Waals surface area contributed by atoms with Gasteiger partial charge in [-0.1, -0.05) is 12.1 Å². The fraction of sp³-hybridized carbons (Fsp3) is 0.238. The van der Waals surface area contributed by atoms with Crippen molar-refractivity contribution in [3.05, 3.63) is 70.6 Å². The number of anilines is 1. The SMILES string of the molecule is CCOc1cccc(C(=O)Nc2cccc3c(=O)n(C(C)CO)ccc23)c1. The Morgan fingerprint density at radius 1 is 1.19 bits per heavy atom. The molecule has 1 heterocycles. The number of ether oxygens (including phenoxy) is 1. The lowest BCUT2D eigenvalue weighted by Gasteiger charge is -2.15. The molecule has 1 amide bonds. The van der Waals surface area contributed by atoms with Crippen LogP contribution in [0.4, 0.5) is 5.69 Å². The van der Waals surface area contributed by atoms with E-state index < -0.39 is 0 Å². The molecule has 2 N–H and O–H groups in total. The molecule has 1 unspecified atom stereocenters. The zero-order valence-corrected chi connectivity index (χ0v) is 15.3. The Labute approximate surface area is 157 Å². The van der Waals surface area contributed by atoms with Crippen molar-refractivity contribution in [2.45, 2.75) is 19.9 Å². The van der Waals surface area contributed by atoms with Crippen LogP contribution in [0.25, 0.3) is 10.8 Å². The summed E-state index contributed by atoms with van der Waals surface area (Å²) >= 11 is 0. The van der Waals surface area contributed by atoms with Crippen molar-refractivity contribution in [1.82, 2.24) is 4.57 Å². The van der Waals surface area contributed by atoms with E-state index in [4.69, 9.17) is 4.74 Å². The first-order chi connectivity index (χ1) is 13.0. The maximum Gasteiger partial charge on any atom is 0.258 e. The molecule has 0 radical (unpaired) electrons. The van der Waals surface area contributed by atoms with Crippen molar-refractivity contribution in [2.75, 3.05) is 18.5 Å². The number of aliphatic hydroxyl groups is 1. The quantitative estimate of drug-likeness (QED) is 0.702. The van der Waals surface area contributed by atoms with E-state index in [0.29, 0.717) is 34.4 Å². The molecule has 140 valence electrons. The number of rotatable bonds is 6. The number of amides is 1. The Kier molecular flexibility index (Phi) is 5.57. The van der Waals surface area contributed by atoms with E-state index in [9.17, 15) is 14.7 Å². The minimum Gasteiger partial charge on any atom is -0.494 e. The van der Waals surface area contributed by atoms with E-state index in [1.807, 2.05) is 6.92 Å². The van der Waals surface area contributed by atoms with Gasteiger partial charge in [0.1, 0.15) is 5.75 Å². The molecule has 3 aromatic rings. The Balaban J connectivity index is 1.95. The van der Waals surface area contributed by atoms with E-state index in [-0.39, 0.29) is 24.1 Å². The predicted octanol–water partition coefficient (Wildman–Crippen LogP) is 3.21. The van der Waals surface area contributed by atoms with Crippen LogP contribution in [0, 0.1) is 0 Å². The molecule has 3 rings (SSSR count). The van der Waals surface area contributed by atoms with Crippen LogP contribution in [-0.2, 0) is 0 Å². The third-order valence-corrected chi connectivity index (χ3v) is 4.37. The first kappa shape index (κ1) is 18.7. The number of hydrogen-bond acceptors (Lipinski definition) is 4. The number of nitrogens with zero attached hydrogens (tertiary/aromatic N) is 1. The van der Waals surface area contributed by atoms with Crippen molar-refractivity contribution in [1.29, 1.82) is 0 Å². The summed E-state index contributed by atoms with van der Waals surface area (Å²) in [5, 5.41) is 13.3. The molecular formula is C21H22N2O4. The predicted molar refractivity (Wildman–Crippen MR) is 106 cm³/mol. The number of aliphatic hydroxyl groups excluding tert-OH is 1. The maximum atomic E-state index is 12.7. The molecule has 1 aromatic heterocycles. The molecule has 0 saturated carbocycles. The zero-order valence-electron chi connectivity index (χ0n) is 15.3. The lowest BCUT2D eigenvalue weighted by molar-refractivity contribution is 0.102. The molecule has 6 heteroatoms. The third kappa shape index (κ3) is 3.85. The number of fused-ring (bicyclic) bond motifs is 1. The summed E-state index contributed by atoms with van der Waals surface area (Å²) in [6.07, 6.45) is 1.64. The van der Waals surface area contributed by atoms with Gasteiger partial charge >= 0.3 is 0 Å². The summed E-state index contributed by atoms with van der Waals surface area (Å²) in [5.41, 5.74) is 0.823. The topological polar surface area (TPSA) is 80.6 Å². The number of aromatic nitrogens is 1. The summed E-state index contributed by atoms with van der Waals surface area (Å²) in [5.74, 6) is 0.348. The Morgan fingerprint density at radius 2 is 1.96 bits per heavy atom. The maximum absolute atomic E-state index is 12.7. The smallest absolute Gasteiger partial charge is 0.258 e. The van der Waals surface area contributed by atoms with Crippen molar-refractivity contribution in [2.24, 2.45) is 0 Å². The Hall–Kier alpha value is -3.12. The summed E-state index contributed by atoms with van der Waals surface area (Å²) in [7, 11) is 0. The van der Waals surface area contributed by atoms with Gasteiger partial charge in [0.15, 0.2) is 0 Å². The second-order valence-corrected chi connectivity index (χ2v) is 6.24. The first-order valence-corrected chi connectivity index (χ1v) is 8.84. The fourth-order valence-corrected chi connectivity index (χ4v) is 2.93. The van der Waals surface area contributed by atoms with Crippen LogP contribution in [0.15, 0.2) is 59.5 Å². The van der Waals surface area contributed by atoms with Crippen LogP contribution >= 0.6 is 0 Å². The van der Waals surface area contributed by atoms with Gasteiger partial charge in [0, 0.05) is 28.2 Å². The monoisotopic (exact) mass is 366 g/mol. The number of benzene rings is 2. The van der Waals surface area contributed by atoms with Crippen LogP contribution in [-0.4, -0.2) is 28.8 Å². The van der Waals surface area contributed by atoms with E-state index in [2.05, 4.69) is 5.32 Å². The molecule has 0 aliphatic carbocycles. The van der Waals surface area contributed by atoms with E-state index in [1.54, 1.807) is 61.7 Å². The summed E-state index contributed by atoms with van der Waals surface area (Å²) < 4.78 is 6.92. The van der Waals surface area contributed by atoms with Gasteiger partial charge in [0.25, 0.3) is 11.5 Å². The molecule has 2 aromatic carbocycles. The average molecular weight is 366 g/mol. The molecule has 0 aliphatic rings. The first-order valence-electron chi connectivity index (χ1n) is 8.84. The molecule has 6 nitrogen and oxygen atoms in total. The molecule has 1 atom stereocenters. The highest BCUT2D eigenvalue weighted by molar-refractivity contribution is 6.09. The van der Waals surface area contributed by atoms with Crippen LogP contribution in [0.3, 0.4) is 0 Å².